The number of hydrogen-bond donors (Lipinski definition) is 0. The third-order valence-corrected chi connectivity index (χ3v) is 5.85. The average molecular weight is 461 g/mol. The van der Waals surface area contributed by atoms with E-state index in [2.05, 4.69) is 21.2 Å². The average Bonchev–Trinajstić information content (AvgIpc) is 2.69. The van der Waals surface area contributed by atoms with Crippen LogP contribution in [-0.2, 0) is 18.9 Å². The third-order valence-electron chi connectivity index (χ3n) is 4.74. The van der Waals surface area contributed by atoms with Crippen LogP contribution in [0.4, 0.5) is 26.3 Å². The highest BCUT2D eigenvalue weighted by molar-refractivity contribution is 7.97. The first-order valence-corrected chi connectivity index (χ1v) is 10.3. The maximum atomic E-state index is 12.9. The molecule has 1 aliphatic heterocycles. The minimum absolute atomic E-state index is 0.105. The summed E-state index contributed by atoms with van der Waals surface area (Å²) in [6, 6.07) is 8.99. The molecule has 0 radical (unpaired) electrons. The highest BCUT2D eigenvalue weighted by Gasteiger charge is 2.36. The van der Waals surface area contributed by atoms with Gasteiger partial charge in [-0.25, -0.2) is 4.31 Å². The van der Waals surface area contributed by atoms with E-state index < -0.39 is 23.5 Å². The Kier molecular flexibility index (Phi) is 7.33. The molecule has 2 aromatic carbocycles. The second kappa shape index (κ2) is 9.62. The zero-order valence-corrected chi connectivity index (χ0v) is 17.5. The van der Waals surface area contributed by atoms with Gasteiger partial charge in [-0.3, -0.25) is 4.99 Å². The van der Waals surface area contributed by atoms with E-state index in [0.717, 1.165) is 42.9 Å². The number of halogens is 6. The maximum absolute atomic E-state index is 12.9. The van der Waals surface area contributed by atoms with Crippen molar-refractivity contribution >= 4 is 18.2 Å². The molecular formula is C21H21F6N3S. The normalized spacial score (nSPS) is 16.9. The molecule has 1 aliphatic rings. The smallest absolute Gasteiger partial charge is 0.304 e. The zero-order valence-electron chi connectivity index (χ0n) is 16.7. The van der Waals surface area contributed by atoms with Gasteiger partial charge in [0, 0.05) is 37.3 Å². The summed E-state index contributed by atoms with van der Waals surface area (Å²) in [4.78, 5) is 7.35. The summed E-state index contributed by atoms with van der Waals surface area (Å²) in [7, 11) is 2.08. The molecule has 0 spiro atoms. The molecule has 1 fully saturated rings. The Bertz CT molecular complexity index is 869. The summed E-state index contributed by atoms with van der Waals surface area (Å²) < 4.78 is 79.8. The van der Waals surface area contributed by atoms with E-state index in [1.54, 1.807) is 11.9 Å². The lowest BCUT2D eigenvalue weighted by Gasteiger charge is -2.31. The molecule has 168 valence electrons. The van der Waals surface area contributed by atoms with E-state index >= 15 is 0 Å². The highest BCUT2D eigenvalue weighted by atomic mass is 32.2. The number of hydrogen-bond acceptors (Lipinski definition) is 4. The van der Waals surface area contributed by atoms with Crippen molar-refractivity contribution in [3.05, 3.63) is 64.7 Å². The van der Waals surface area contributed by atoms with Crippen molar-refractivity contribution in [3.8, 4) is 0 Å². The van der Waals surface area contributed by atoms with Crippen LogP contribution in [0.5, 0.6) is 0 Å². The van der Waals surface area contributed by atoms with E-state index in [1.807, 2.05) is 24.3 Å². The summed E-state index contributed by atoms with van der Waals surface area (Å²) in [5, 5.41) is 0. The van der Waals surface area contributed by atoms with Crippen LogP contribution in [0.15, 0.2) is 52.4 Å². The molecule has 0 aliphatic carbocycles. The highest BCUT2D eigenvalue weighted by Crippen LogP contribution is 2.36. The van der Waals surface area contributed by atoms with Gasteiger partial charge in [0.25, 0.3) is 0 Å². The van der Waals surface area contributed by atoms with Crippen molar-refractivity contribution in [2.45, 2.75) is 23.8 Å². The molecule has 0 unspecified atom stereocenters. The molecule has 2 aromatic rings. The van der Waals surface area contributed by atoms with E-state index in [-0.39, 0.29) is 18.2 Å². The predicted molar refractivity (Wildman–Crippen MR) is 109 cm³/mol. The lowest BCUT2D eigenvalue weighted by Crippen LogP contribution is -2.40. The molecule has 0 bridgehead atoms. The number of piperazine rings is 1. The molecule has 0 saturated carbocycles. The van der Waals surface area contributed by atoms with E-state index in [9.17, 15) is 26.3 Å². The first-order chi connectivity index (χ1) is 14.5. The van der Waals surface area contributed by atoms with Gasteiger partial charge in [0.1, 0.15) is 0 Å². The molecule has 1 saturated heterocycles. The topological polar surface area (TPSA) is 18.8 Å². The van der Waals surface area contributed by atoms with Gasteiger partial charge in [-0.1, -0.05) is 12.1 Å². The van der Waals surface area contributed by atoms with Crippen LogP contribution in [0.1, 0.15) is 22.3 Å². The number of likely N-dealkylation sites (N-methyl/N-ethyl adjacent to an activating group) is 1. The van der Waals surface area contributed by atoms with Gasteiger partial charge in [0.15, 0.2) is 0 Å². The number of benzene rings is 2. The summed E-state index contributed by atoms with van der Waals surface area (Å²) >= 11 is 1.66. The minimum atomic E-state index is -4.87. The molecule has 0 amide bonds. The first kappa shape index (κ1) is 23.6. The van der Waals surface area contributed by atoms with E-state index in [4.69, 9.17) is 0 Å². The fourth-order valence-corrected chi connectivity index (χ4v) is 3.90. The summed E-state index contributed by atoms with van der Waals surface area (Å²) in [6.07, 6.45) is -8.71. The predicted octanol–water partition coefficient (Wildman–Crippen LogP) is 5.60. The van der Waals surface area contributed by atoms with Gasteiger partial charge in [0.05, 0.1) is 17.7 Å². The summed E-state index contributed by atoms with van der Waals surface area (Å²) in [6.45, 7) is 4.09. The molecule has 31 heavy (non-hydrogen) atoms. The molecule has 0 atom stereocenters. The maximum Gasteiger partial charge on any atom is 0.416 e. The second-order valence-electron chi connectivity index (χ2n) is 7.28. The Morgan fingerprint density at radius 3 is 1.94 bits per heavy atom. The molecule has 0 N–H and O–H groups in total. The van der Waals surface area contributed by atoms with Crippen LogP contribution < -0.4 is 0 Å². The number of alkyl halides is 6. The Morgan fingerprint density at radius 2 is 1.42 bits per heavy atom. The van der Waals surface area contributed by atoms with Crippen LogP contribution in [0.3, 0.4) is 0 Å². The third kappa shape index (κ3) is 6.98. The van der Waals surface area contributed by atoms with E-state index in [1.165, 1.54) is 0 Å². The lowest BCUT2D eigenvalue weighted by atomic mass is 10.1. The molecule has 3 rings (SSSR count). The van der Waals surface area contributed by atoms with Crippen molar-refractivity contribution in [2.24, 2.45) is 4.99 Å². The van der Waals surface area contributed by atoms with Crippen molar-refractivity contribution in [1.29, 1.82) is 0 Å². The first-order valence-electron chi connectivity index (χ1n) is 9.50. The Labute approximate surface area is 180 Å². The van der Waals surface area contributed by atoms with Crippen molar-refractivity contribution in [1.82, 2.24) is 9.21 Å². The van der Waals surface area contributed by atoms with Gasteiger partial charge in [-0.15, -0.1) is 0 Å². The fourth-order valence-electron chi connectivity index (χ4n) is 2.99. The second-order valence-corrected chi connectivity index (χ2v) is 8.45. The standard InChI is InChI=1S/C21H21F6N3S/c1-29-6-8-30(9-7-29)31-19-4-2-15(3-5-19)13-28-14-16-10-17(20(22,23)24)12-18(11-16)21(25,26)27/h2-5,10-12,14H,6-9,13H2,1H3. The monoisotopic (exact) mass is 461 g/mol. The minimum Gasteiger partial charge on any atom is -0.304 e. The largest absolute Gasteiger partial charge is 0.416 e. The van der Waals surface area contributed by atoms with Gasteiger partial charge >= 0.3 is 12.4 Å². The fraction of sp³-hybridized carbons (Fsp3) is 0.381. The van der Waals surface area contributed by atoms with Crippen LogP contribution in [0.25, 0.3) is 0 Å². The number of nitrogens with zero attached hydrogens (tertiary/aromatic N) is 3. The molecule has 0 aromatic heterocycles. The van der Waals surface area contributed by atoms with Crippen LogP contribution in [0.2, 0.25) is 0 Å². The SMILES string of the molecule is CN1CCN(Sc2ccc(CN=Cc3cc(C(F)(F)F)cc(C(F)(F)F)c3)cc2)CC1. The number of aliphatic imine (C=N–C) groups is 1. The zero-order chi connectivity index (χ0) is 22.6. The summed E-state index contributed by atoms with van der Waals surface area (Å²) in [5.74, 6) is 0. The number of rotatable bonds is 5. The Morgan fingerprint density at radius 1 is 0.871 bits per heavy atom. The quantitative estimate of drug-likeness (QED) is 0.328. The molecular weight excluding hydrogens is 440 g/mol. The summed E-state index contributed by atoms with van der Waals surface area (Å²) in [5.41, 5.74) is -2.14. The van der Waals surface area contributed by atoms with Gasteiger partial charge in [0.2, 0.25) is 0 Å². The molecule has 10 heteroatoms. The van der Waals surface area contributed by atoms with Crippen LogP contribution in [-0.4, -0.2) is 48.6 Å². The van der Waals surface area contributed by atoms with Crippen LogP contribution >= 0.6 is 11.9 Å². The van der Waals surface area contributed by atoms with Gasteiger partial charge in [-0.2, -0.15) is 26.3 Å². The van der Waals surface area contributed by atoms with Crippen molar-refractivity contribution < 1.29 is 26.3 Å². The molecule has 1 heterocycles. The van der Waals surface area contributed by atoms with Crippen molar-refractivity contribution in [2.75, 3.05) is 33.2 Å². The lowest BCUT2D eigenvalue weighted by molar-refractivity contribution is -0.143. The van der Waals surface area contributed by atoms with Gasteiger partial charge < -0.3 is 4.90 Å². The van der Waals surface area contributed by atoms with Crippen LogP contribution in [0, 0.1) is 0 Å². The van der Waals surface area contributed by atoms with Crippen molar-refractivity contribution in [3.63, 3.8) is 0 Å². The molecule has 3 nitrogen and oxygen atoms in total. The Hall–Kier alpha value is -2.04. The van der Waals surface area contributed by atoms with Gasteiger partial charge in [-0.05, 0) is 60.5 Å². The van der Waals surface area contributed by atoms with E-state index in [0.29, 0.717) is 12.1 Å². The Balaban J connectivity index is 1.65.